The van der Waals surface area contributed by atoms with E-state index in [4.69, 9.17) is 5.11 Å². The summed E-state index contributed by atoms with van der Waals surface area (Å²) in [5.41, 5.74) is 0.265. The summed E-state index contributed by atoms with van der Waals surface area (Å²) in [6, 6.07) is 7.46. The Morgan fingerprint density at radius 1 is 1.30 bits per heavy atom. The number of amides is 1. The molecule has 1 unspecified atom stereocenters. The lowest BCUT2D eigenvalue weighted by Crippen LogP contribution is -2.44. The van der Waals surface area contributed by atoms with Crippen molar-refractivity contribution in [3.63, 3.8) is 0 Å². The van der Waals surface area contributed by atoms with Crippen LogP contribution in [0.4, 0.5) is 0 Å². The van der Waals surface area contributed by atoms with E-state index in [9.17, 15) is 9.59 Å². The second kappa shape index (κ2) is 6.88. The van der Waals surface area contributed by atoms with Crippen LogP contribution in [0.25, 0.3) is 0 Å². The lowest BCUT2D eigenvalue weighted by molar-refractivity contribution is -0.137. The summed E-state index contributed by atoms with van der Waals surface area (Å²) in [5.74, 6) is -0.948. The minimum absolute atomic E-state index is 0.0557. The number of carbonyl (C=O) groups is 2. The molecule has 0 aliphatic carbocycles. The van der Waals surface area contributed by atoms with Crippen molar-refractivity contribution in [2.45, 2.75) is 45.1 Å². The first-order valence-electron chi connectivity index (χ1n) is 6.52. The first-order chi connectivity index (χ1) is 9.23. The van der Waals surface area contributed by atoms with Crippen LogP contribution >= 0.6 is 15.9 Å². The van der Waals surface area contributed by atoms with E-state index < -0.39 is 11.4 Å². The molecular formula is C15H20BrNO3. The van der Waals surface area contributed by atoms with Crippen LogP contribution in [0.5, 0.6) is 0 Å². The molecule has 0 saturated heterocycles. The highest BCUT2D eigenvalue weighted by Crippen LogP contribution is 2.25. The van der Waals surface area contributed by atoms with Gasteiger partial charge >= 0.3 is 5.97 Å². The third-order valence-electron chi connectivity index (χ3n) is 3.30. The number of carbonyl (C=O) groups excluding carboxylic acids is 1. The highest BCUT2D eigenvalue weighted by atomic mass is 79.9. The van der Waals surface area contributed by atoms with E-state index in [1.807, 2.05) is 45.0 Å². The highest BCUT2D eigenvalue weighted by molar-refractivity contribution is 9.10. The second-order valence-electron chi connectivity index (χ2n) is 5.44. The summed E-state index contributed by atoms with van der Waals surface area (Å²) in [6.07, 6.45) is 0.484. The number of carboxylic acids is 1. The molecule has 0 heterocycles. The largest absolute Gasteiger partial charge is 0.481 e. The first kappa shape index (κ1) is 16.7. The summed E-state index contributed by atoms with van der Waals surface area (Å²) >= 11 is 3.37. The Morgan fingerprint density at radius 2 is 1.85 bits per heavy atom. The first-order valence-corrected chi connectivity index (χ1v) is 7.31. The Labute approximate surface area is 127 Å². The summed E-state index contributed by atoms with van der Waals surface area (Å²) in [7, 11) is 0. The number of hydrogen-bond acceptors (Lipinski definition) is 2. The van der Waals surface area contributed by atoms with Crippen LogP contribution in [0.15, 0.2) is 28.7 Å². The third-order valence-corrected chi connectivity index (χ3v) is 3.83. The van der Waals surface area contributed by atoms with Crippen LogP contribution in [0.2, 0.25) is 0 Å². The zero-order valence-corrected chi connectivity index (χ0v) is 13.5. The van der Waals surface area contributed by atoms with Gasteiger partial charge in [0.25, 0.3) is 0 Å². The summed E-state index contributed by atoms with van der Waals surface area (Å²) in [5, 5.41) is 11.5. The Bertz CT molecular complexity index is 482. The maximum absolute atomic E-state index is 12.3. The van der Waals surface area contributed by atoms with Crippen LogP contribution in [0, 0.1) is 0 Å². The van der Waals surface area contributed by atoms with Crippen molar-refractivity contribution in [3.8, 4) is 0 Å². The third kappa shape index (κ3) is 4.63. The average Bonchev–Trinajstić information content (AvgIpc) is 2.36. The minimum atomic E-state index is -0.849. The van der Waals surface area contributed by atoms with Crippen molar-refractivity contribution in [2.75, 3.05) is 0 Å². The zero-order valence-electron chi connectivity index (χ0n) is 11.9. The van der Waals surface area contributed by atoms with Gasteiger partial charge in [0.2, 0.25) is 5.91 Å². The van der Waals surface area contributed by atoms with Gasteiger partial charge in [0.1, 0.15) is 0 Å². The molecule has 1 amide bonds. The predicted molar refractivity (Wildman–Crippen MR) is 81.6 cm³/mol. The standard InChI is InChI=1S/C15H20BrNO3/c1-10(4-9-13(18)19)17-14(20)15(2,3)11-5-7-12(16)8-6-11/h5-8,10H,4,9H2,1-3H3,(H,17,20)(H,18,19). The molecule has 0 spiro atoms. The Balaban J connectivity index is 2.69. The van der Waals surface area contributed by atoms with E-state index in [2.05, 4.69) is 21.2 Å². The summed E-state index contributed by atoms with van der Waals surface area (Å²) < 4.78 is 0.965. The van der Waals surface area contributed by atoms with E-state index in [1.165, 1.54) is 0 Å². The topological polar surface area (TPSA) is 66.4 Å². The molecule has 20 heavy (non-hydrogen) atoms. The van der Waals surface area contributed by atoms with Crippen LogP contribution in [-0.4, -0.2) is 23.0 Å². The molecule has 0 saturated carbocycles. The van der Waals surface area contributed by atoms with Crippen molar-refractivity contribution in [1.29, 1.82) is 0 Å². The molecular weight excluding hydrogens is 322 g/mol. The highest BCUT2D eigenvalue weighted by Gasteiger charge is 2.30. The molecule has 4 nitrogen and oxygen atoms in total. The molecule has 0 radical (unpaired) electrons. The number of benzene rings is 1. The van der Waals surface area contributed by atoms with Crippen LogP contribution in [0.1, 0.15) is 39.2 Å². The van der Waals surface area contributed by atoms with E-state index in [0.29, 0.717) is 6.42 Å². The number of hydrogen-bond donors (Lipinski definition) is 2. The Morgan fingerprint density at radius 3 is 2.35 bits per heavy atom. The van der Waals surface area contributed by atoms with Crippen molar-refractivity contribution >= 4 is 27.8 Å². The average molecular weight is 342 g/mol. The molecule has 1 aromatic carbocycles. The lowest BCUT2D eigenvalue weighted by Gasteiger charge is -2.26. The zero-order chi connectivity index (χ0) is 15.3. The molecule has 5 heteroatoms. The maximum atomic E-state index is 12.3. The monoisotopic (exact) mass is 341 g/mol. The quantitative estimate of drug-likeness (QED) is 0.835. The van der Waals surface area contributed by atoms with Gasteiger partial charge in [-0.15, -0.1) is 0 Å². The van der Waals surface area contributed by atoms with E-state index in [-0.39, 0.29) is 18.4 Å². The number of halogens is 1. The molecule has 2 N–H and O–H groups in total. The molecule has 1 aromatic rings. The number of nitrogens with one attached hydrogen (secondary N) is 1. The van der Waals surface area contributed by atoms with Crippen molar-refractivity contribution < 1.29 is 14.7 Å². The predicted octanol–water partition coefficient (Wildman–Crippen LogP) is 3.10. The molecule has 0 fully saturated rings. The fourth-order valence-corrected chi connectivity index (χ4v) is 2.08. The van der Waals surface area contributed by atoms with Gasteiger partial charge in [0.15, 0.2) is 0 Å². The second-order valence-corrected chi connectivity index (χ2v) is 6.35. The van der Waals surface area contributed by atoms with Gasteiger partial charge in [-0.3, -0.25) is 9.59 Å². The van der Waals surface area contributed by atoms with Gasteiger partial charge in [-0.1, -0.05) is 28.1 Å². The molecule has 0 aromatic heterocycles. The molecule has 1 rings (SSSR count). The Hall–Kier alpha value is -1.36. The van der Waals surface area contributed by atoms with E-state index in [1.54, 1.807) is 0 Å². The smallest absolute Gasteiger partial charge is 0.303 e. The molecule has 110 valence electrons. The number of aliphatic carboxylic acids is 1. The van der Waals surface area contributed by atoms with Crippen molar-refractivity contribution in [2.24, 2.45) is 0 Å². The lowest BCUT2D eigenvalue weighted by atomic mass is 9.83. The summed E-state index contributed by atoms with van der Waals surface area (Å²) in [6.45, 7) is 5.53. The van der Waals surface area contributed by atoms with Gasteiger partial charge in [0, 0.05) is 16.9 Å². The van der Waals surface area contributed by atoms with Gasteiger partial charge in [0.05, 0.1) is 5.41 Å². The SMILES string of the molecule is CC(CCC(=O)O)NC(=O)C(C)(C)c1ccc(Br)cc1. The van der Waals surface area contributed by atoms with Gasteiger partial charge in [-0.2, -0.15) is 0 Å². The fraction of sp³-hybridized carbons (Fsp3) is 0.467. The molecule has 1 atom stereocenters. The fourth-order valence-electron chi connectivity index (χ4n) is 1.81. The van der Waals surface area contributed by atoms with E-state index >= 15 is 0 Å². The van der Waals surface area contributed by atoms with E-state index in [0.717, 1.165) is 10.0 Å². The summed E-state index contributed by atoms with van der Waals surface area (Å²) in [4.78, 5) is 22.9. The normalized spacial score (nSPS) is 12.8. The van der Waals surface area contributed by atoms with Gasteiger partial charge in [-0.25, -0.2) is 0 Å². The molecule has 0 aliphatic heterocycles. The number of rotatable bonds is 6. The minimum Gasteiger partial charge on any atom is -0.481 e. The van der Waals surface area contributed by atoms with Crippen LogP contribution in [-0.2, 0) is 15.0 Å². The van der Waals surface area contributed by atoms with Crippen LogP contribution < -0.4 is 5.32 Å². The van der Waals surface area contributed by atoms with Crippen molar-refractivity contribution in [1.82, 2.24) is 5.32 Å². The van der Waals surface area contributed by atoms with Gasteiger partial charge < -0.3 is 10.4 Å². The van der Waals surface area contributed by atoms with Gasteiger partial charge in [-0.05, 0) is 44.9 Å². The van der Waals surface area contributed by atoms with Crippen molar-refractivity contribution in [3.05, 3.63) is 34.3 Å². The molecule has 0 bridgehead atoms. The maximum Gasteiger partial charge on any atom is 0.303 e. The molecule has 0 aliphatic rings. The number of carboxylic acid groups (broad SMARTS) is 1. The Kier molecular flexibility index (Phi) is 5.74. The van der Waals surface area contributed by atoms with Crippen LogP contribution in [0.3, 0.4) is 0 Å².